The highest BCUT2D eigenvalue weighted by Crippen LogP contribution is 2.46. The lowest BCUT2D eigenvalue weighted by Crippen LogP contribution is -2.34. The second-order valence-electron chi connectivity index (χ2n) is 8.83. The summed E-state index contributed by atoms with van der Waals surface area (Å²) in [5, 5.41) is 13.0. The Morgan fingerprint density at radius 2 is 1.62 bits per heavy atom. The molecule has 1 saturated heterocycles. The first-order valence-electron chi connectivity index (χ1n) is 9.42. The molecule has 2 heterocycles. The number of fused-ring (bicyclic) bond motifs is 1. The fourth-order valence-electron chi connectivity index (χ4n) is 4.13. The predicted molar refractivity (Wildman–Crippen MR) is 105 cm³/mol. The number of hydrogen-bond donors (Lipinski definition) is 1. The highest BCUT2D eigenvalue weighted by atomic mass is 32.1. The van der Waals surface area contributed by atoms with Gasteiger partial charge in [-0.25, -0.2) is 0 Å². The molecule has 0 spiro atoms. The lowest BCUT2D eigenvalue weighted by Gasteiger charge is -2.42. The fourth-order valence-corrected chi connectivity index (χ4v) is 5.05. The van der Waals surface area contributed by atoms with Gasteiger partial charge in [-0.1, -0.05) is 45.9 Å². The zero-order valence-electron chi connectivity index (χ0n) is 16.0. The van der Waals surface area contributed by atoms with Crippen molar-refractivity contribution in [2.75, 3.05) is 13.2 Å². The molecule has 4 heteroatoms. The van der Waals surface area contributed by atoms with Crippen LogP contribution in [0.1, 0.15) is 80.1 Å². The van der Waals surface area contributed by atoms with Gasteiger partial charge in [0.1, 0.15) is 6.10 Å². The van der Waals surface area contributed by atoms with Crippen molar-refractivity contribution in [2.24, 2.45) is 0 Å². The molecule has 0 radical (unpaired) electrons. The van der Waals surface area contributed by atoms with E-state index in [0.29, 0.717) is 13.2 Å². The van der Waals surface area contributed by atoms with Crippen LogP contribution in [0.2, 0.25) is 0 Å². The average molecular weight is 373 g/mol. The van der Waals surface area contributed by atoms with Gasteiger partial charge in [-0.15, -0.1) is 11.3 Å². The molecule has 0 amide bonds. The predicted octanol–water partition coefficient (Wildman–Crippen LogP) is 5.22. The number of hydrogen-bond acceptors (Lipinski definition) is 4. The maximum atomic E-state index is 11.0. The summed E-state index contributed by atoms with van der Waals surface area (Å²) in [5.41, 5.74) is 5.02. The molecule has 1 aromatic carbocycles. The van der Waals surface area contributed by atoms with Crippen molar-refractivity contribution in [3.8, 4) is 0 Å². The van der Waals surface area contributed by atoms with E-state index >= 15 is 0 Å². The molecule has 1 unspecified atom stereocenters. The Morgan fingerprint density at radius 1 is 0.962 bits per heavy atom. The normalized spacial score (nSPS) is 23.0. The van der Waals surface area contributed by atoms with Crippen molar-refractivity contribution >= 4 is 11.3 Å². The molecule has 1 aliphatic carbocycles. The Morgan fingerprint density at radius 3 is 2.31 bits per heavy atom. The van der Waals surface area contributed by atoms with E-state index in [1.807, 2.05) is 11.4 Å². The van der Waals surface area contributed by atoms with Crippen molar-refractivity contribution in [3.05, 3.63) is 56.8 Å². The van der Waals surface area contributed by atoms with Crippen molar-refractivity contribution in [1.29, 1.82) is 0 Å². The number of ether oxygens (including phenoxy) is 2. The van der Waals surface area contributed by atoms with Crippen LogP contribution in [0, 0.1) is 0 Å². The van der Waals surface area contributed by atoms with Gasteiger partial charge in [0, 0.05) is 0 Å². The maximum Gasteiger partial charge on any atom is 0.193 e. The summed E-state index contributed by atoms with van der Waals surface area (Å²) in [6.07, 6.45) is 1.48. The van der Waals surface area contributed by atoms with Crippen LogP contribution >= 0.6 is 11.3 Å². The van der Waals surface area contributed by atoms with Gasteiger partial charge in [0.25, 0.3) is 0 Å². The van der Waals surface area contributed by atoms with Crippen LogP contribution in [0.3, 0.4) is 0 Å². The van der Waals surface area contributed by atoms with Gasteiger partial charge in [-0.3, -0.25) is 0 Å². The smallest absolute Gasteiger partial charge is 0.193 e. The third-order valence-electron chi connectivity index (χ3n) is 6.00. The minimum absolute atomic E-state index is 0.145. The monoisotopic (exact) mass is 372 g/mol. The van der Waals surface area contributed by atoms with E-state index in [9.17, 15) is 5.11 Å². The van der Waals surface area contributed by atoms with Gasteiger partial charge < -0.3 is 14.6 Å². The molecule has 3 nitrogen and oxygen atoms in total. The molecule has 1 atom stereocenters. The number of benzene rings is 1. The van der Waals surface area contributed by atoms with E-state index < -0.39 is 6.10 Å². The highest BCUT2D eigenvalue weighted by molar-refractivity contribution is 7.10. The largest absolute Gasteiger partial charge is 0.384 e. The summed E-state index contributed by atoms with van der Waals surface area (Å²) in [6, 6.07) is 8.55. The van der Waals surface area contributed by atoms with Gasteiger partial charge in [0.15, 0.2) is 6.29 Å². The van der Waals surface area contributed by atoms with Crippen LogP contribution in [0.5, 0.6) is 0 Å². The SMILES string of the molecule is CC1(C)CCC(C)(C)c2cc(C(O)c3csc(C4OCCO4)c3)ccc21. The molecule has 1 N–H and O–H groups in total. The summed E-state index contributed by atoms with van der Waals surface area (Å²) >= 11 is 1.59. The zero-order valence-corrected chi connectivity index (χ0v) is 16.9. The average Bonchev–Trinajstić information content (AvgIpc) is 3.29. The molecule has 140 valence electrons. The first-order chi connectivity index (χ1) is 12.3. The van der Waals surface area contributed by atoms with E-state index in [0.717, 1.165) is 16.0 Å². The lowest BCUT2D eigenvalue weighted by atomic mass is 9.63. The van der Waals surface area contributed by atoms with Crippen molar-refractivity contribution < 1.29 is 14.6 Å². The molecule has 1 aromatic heterocycles. The van der Waals surface area contributed by atoms with Crippen LogP contribution in [0.4, 0.5) is 0 Å². The standard InChI is InChI=1S/C22H28O3S/c1-21(2)7-8-22(3,4)17-11-14(5-6-16(17)21)19(23)15-12-18(26-13-15)20-24-9-10-25-20/h5-6,11-13,19-20,23H,7-10H2,1-4H3. The summed E-state index contributed by atoms with van der Waals surface area (Å²) in [7, 11) is 0. The van der Waals surface area contributed by atoms with Gasteiger partial charge >= 0.3 is 0 Å². The summed E-state index contributed by atoms with van der Waals surface area (Å²) in [4.78, 5) is 1.02. The quantitative estimate of drug-likeness (QED) is 0.802. The summed E-state index contributed by atoms with van der Waals surface area (Å²) in [5.74, 6) is 0. The van der Waals surface area contributed by atoms with Crippen molar-refractivity contribution in [3.63, 3.8) is 0 Å². The van der Waals surface area contributed by atoms with E-state index in [4.69, 9.17) is 9.47 Å². The van der Waals surface area contributed by atoms with Crippen LogP contribution in [0.25, 0.3) is 0 Å². The van der Waals surface area contributed by atoms with Crippen LogP contribution < -0.4 is 0 Å². The third-order valence-corrected chi connectivity index (χ3v) is 6.97. The highest BCUT2D eigenvalue weighted by Gasteiger charge is 2.37. The number of thiophene rings is 1. The first-order valence-corrected chi connectivity index (χ1v) is 10.3. The van der Waals surface area contributed by atoms with Gasteiger partial charge in [-0.05, 0) is 57.4 Å². The van der Waals surface area contributed by atoms with Crippen LogP contribution in [0.15, 0.2) is 29.6 Å². The molecule has 1 aliphatic heterocycles. The first kappa shape index (κ1) is 18.2. The van der Waals surface area contributed by atoms with Crippen LogP contribution in [-0.4, -0.2) is 18.3 Å². The molecule has 0 bridgehead atoms. The summed E-state index contributed by atoms with van der Waals surface area (Å²) < 4.78 is 11.1. The molecule has 0 saturated carbocycles. The van der Waals surface area contributed by atoms with E-state index in [2.05, 4.69) is 45.9 Å². The molecular formula is C22H28O3S. The Hall–Kier alpha value is -1.20. The fraction of sp³-hybridized carbons (Fsp3) is 0.545. The van der Waals surface area contributed by atoms with Crippen molar-refractivity contribution in [2.45, 2.75) is 63.8 Å². The molecule has 1 fully saturated rings. The third kappa shape index (κ3) is 3.13. The summed E-state index contributed by atoms with van der Waals surface area (Å²) in [6.45, 7) is 10.5. The van der Waals surface area contributed by atoms with Gasteiger partial charge in [-0.2, -0.15) is 0 Å². The minimum Gasteiger partial charge on any atom is -0.384 e. The van der Waals surface area contributed by atoms with E-state index in [-0.39, 0.29) is 17.1 Å². The number of rotatable bonds is 3. The second-order valence-corrected chi connectivity index (χ2v) is 9.77. The molecule has 2 aliphatic rings. The Balaban J connectivity index is 1.66. The van der Waals surface area contributed by atoms with Crippen LogP contribution in [-0.2, 0) is 20.3 Å². The molecule has 4 rings (SSSR count). The Labute approximate surface area is 160 Å². The van der Waals surface area contributed by atoms with E-state index in [1.165, 1.54) is 24.0 Å². The Kier molecular flexibility index (Phi) is 4.51. The van der Waals surface area contributed by atoms with Crippen molar-refractivity contribution in [1.82, 2.24) is 0 Å². The maximum absolute atomic E-state index is 11.0. The topological polar surface area (TPSA) is 38.7 Å². The zero-order chi connectivity index (χ0) is 18.5. The Bertz CT molecular complexity index is 799. The molecular weight excluding hydrogens is 344 g/mol. The number of aliphatic hydroxyl groups excluding tert-OH is 1. The van der Waals surface area contributed by atoms with Gasteiger partial charge in [0.2, 0.25) is 0 Å². The molecule has 26 heavy (non-hydrogen) atoms. The lowest BCUT2D eigenvalue weighted by molar-refractivity contribution is -0.0413. The van der Waals surface area contributed by atoms with E-state index in [1.54, 1.807) is 11.3 Å². The van der Waals surface area contributed by atoms with Gasteiger partial charge in [0.05, 0.1) is 18.1 Å². The molecule has 2 aromatic rings. The number of aliphatic hydroxyl groups is 1. The minimum atomic E-state index is -0.618. The second kappa shape index (κ2) is 6.45.